The summed E-state index contributed by atoms with van der Waals surface area (Å²) in [5.41, 5.74) is 1.72. The number of amides is 1. The smallest absolute Gasteiger partial charge is 0.254 e. The Kier molecular flexibility index (Phi) is 3.87. The first kappa shape index (κ1) is 15.7. The molecule has 1 amide bonds. The quantitative estimate of drug-likeness (QED) is 0.837. The monoisotopic (exact) mass is 367 g/mol. The number of tetrazole rings is 1. The van der Waals surface area contributed by atoms with Crippen LogP contribution >= 0.6 is 11.3 Å². The molecular formula is C14H17N5O3S2. The summed E-state index contributed by atoms with van der Waals surface area (Å²) in [5, 5.41) is 14.9. The second-order valence-corrected chi connectivity index (χ2v) is 9.58. The molecule has 1 fully saturated rings. The van der Waals surface area contributed by atoms with E-state index in [1.807, 2.05) is 0 Å². The van der Waals surface area contributed by atoms with Crippen molar-refractivity contribution in [1.29, 1.82) is 0 Å². The van der Waals surface area contributed by atoms with Gasteiger partial charge in [-0.2, -0.15) is 4.68 Å². The maximum absolute atomic E-state index is 12.8. The van der Waals surface area contributed by atoms with Crippen LogP contribution in [0.5, 0.6) is 0 Å². The number of aromatic nitrogens is 4. The number of aryl methyl sites for hydroxylation is 1. The molecule has 4 rings (SSSR count). The number of hydrogen-bond acceptors (Lipinski definition) is 7. The van der Waals surface area contributed by atoms with Gasteiger partial charge in [-0.15, -0.1) is 16.4 Å². The zero-order valence-corrected chi connectivity index (χ0v) is 14.6. The van der Waals surface area contributed by atoms with Gasteiger partial charge in [-0.25, -0.2) is 8.42 Å². The van der Waals surface area contributed by atoms with E-state index in [4.69, 9.17) is 0 Å². The molecule has 1 aliphatic carbocycles. The summed E-state index contributed by atoms with van der Waals surface area (Å²) < 4.78 is 24.6. The van der Waals surface area contributed by atoms with Gasteiger partial charge in [0.2, 0.25) is 0 Å². The molecule has 10 heteroatoms. The van der Waals surface area contributed by atoms with Crippen LogP contribution in [0.15, 0.2) is 6.33 Å². The molecule has 1 N–H and O–H groups in total. The molecular weight excluding hydrogens is 350 g/mol. The van der Waals surface area contributed by atoms with Crippen LogP contribution < -0.4 is 5.32 Å². The summed E-state index contributed by atoms with van der Waals surface area (Å²) >= 11 is 1.56. The molecule has 0 bridgehead atoms. The molecule has 1 saturated heterocycles. The summed E-state index contributed by atoms with van der Waals surface area (Å²) in [6.07, 6.45) is 5.02. The molecule has 0 saturated carbocycles. The second kappa shape index (κ2) is 5.92. The fraction of sp³-hybridized carbons (Fsp3) is 0.571. The predicted octanol–water partition coefficient (Wildman–Crippen LogP) is 0.377. The summed E-state index contributed by atoms with van der Waals surface area (Å²) in [6, 6.07) is 0. The fourth-order valence-corrected chi connectivity index (χ4v) is 6.56. The topological polar surface area (TPSA) is 107 Å². The van der Waals surface area contributed by atoms with Crippen LogP contribution in [-0.2, 0) is 22.7 Å². The fourth-order valence-electron chi connectivity index (χ4n) is 3.40. The van der Waals surface area contributed by atoms with Crippen molar-refractivity contribution in [3.8, 4) is 5.00 Å². The van der Waals surface area contributed by atoms with Crippen molar-refractivity contribution in [3.63, 3.8) is 0 Å². The zero-order valence-electron chi connectivity index (χ0n) is 12.9. The third-order valence-electron chi connectivity index (χ3n) is 4.56. The van der Waals surface area contributed by atoms with E-state index in [-0.39, 0.29) is 23.3 Å². The lowest BCUT2D eigenvalue weighted by Gasteiger charge is -2.11. The van der Waals surface area contributed by atoms with Crippen LogP contribution in [0.4, 0.5) is 0 Å². The molecule has 128 valence electrons. The lowest BCUT2D eigenvalue weighted by atomic mass is 10.1. The Morgan fingerprint density at radius 3 is 3.00 bits per heavy atom. The standard InChI is InChI=1S/C14H17N5O3S2/c20-13(15-6-9-4-5-24(21,22)7-9)12-10-2-1-3-11(10)23-14(12)19-8-16-17-18-19/h8-9H,1-7H2,(H,15,20). The Labute approximate surface area is 143 Å². The van der Waals surface area contributed by atoms with Gasteiger partial charge in [0.25, 0.3) is 5.91 Å². The third kappa shape index (κ3) is 2.84. The summed E-state index contributed by atoms with van der Waals surface area (Å²) in [7, 11) is -2.93. The molecule has 2 aromatic rings. The number of carbonyl (C=O) groups excluding carboxylic acids is 1. The van der Waals surface area contributed by atoms with Gasteiger partial charge >= 0.3 is 0 Å². The molecule has 8 nitrogen and oxygen atoms in total. The van der Waals surface area contributed by atoms with E-state index >= 15 is 0 Å². The molecule has 2 aromatic heterocycles. The van der Waals surface area contributed by atoms with Gasteiger partial charge in [-0.05, 0) is 47.6 Å². The average Bonchev–Trinajstić information content (AvgIpc) is 3.27. The van der Waals surface area contributed by atoms with Crippen molar-refractivity contribution in [2.24, 2.45) is 5.92 Å². The molecule has 3 heterocycles. The highest BCUT2D eigenvalue weighted by Gasteiger charge is 2.31. The Morgan fingerprint density at radius 2 is 2.29 bits per heavy atom. The third-order valence-corrected chi connectivity index (χ3v) is 7.68. The van der Waals surface area contributed by atoms with Crippen LogP contribution in [-0.4, -0.2) is 52.6 Å². The first-order valence-corrected chi connectivity index (χ1v) is 10.5. The van der Waals surface area contributed by atoms with Crippen LogP contribution in [0.2, 0.25) is 0 Å². The van der Waals surface area contributed by atoms with Crippen molar-refractivity contribution >= 4 is 27.1 Å². The maximum Gasteiger partial charge on any atom is 0.254 e. The SMILES string of the molecule is O=C(NCC1CCS(=O)(=O)C1)c1c(-n2cnnn2)sc2c1CCC2. The van der Waals surface area contributed by atoms with Gasteiger partial charge in [-0.3, -0.25) is 4.79 Å². The molecule has 1 unspecified atom stereocenters. The van der Waals surface area contributed by atoms with Crippen LogP contribution in [0.3, 0.4) is 0 Å². The highest BCUT2D eigenvalue weighted by Crippen LogP contribution is 2.37. The first-order valence-electron chi connectivity index (χ1n) is 7.90. The number of hydrogen-bond donors (Lipinski definition) is 1. The number of sulfone groups is 1. The minimum Gasteiger partial charge on any atom is -0.352 e. The van der Waals surface area contributed by atoms with Gasteiger partial charge in [0.05, 0.1) is 17.1 Å². The van der Waals surface area contributed by atoms with Crippen LogP contribution in [0.1, 0.15) is 33.6 Å². The van der Waals surface area contributed by atoms with Crippen molar-refractivity contribution in [2.45, 2.75) is 25.7 Å². The number of carbonyl (C=O) groups is 1. The van der Waals surface area contributed by atoms with E-state index < -0.39 is 9.84 Å². The van der Waals surface area contributed by atoms with E-state index in [0.717, 1.165) is 29.8 Å². The summed E-state index contributed by atoms with van der Waals surface area (Å²) in [5.74, 6) is 0.220. The van der Waals surface area contributed by atoms with Gasteiger partial charge < -0.3 is 5.32 Å². The lowest BCUT2D eigenvalue weighted by molar-refractivity contribution is 0.0948. The Morgan fingerprint density at radius 1 is 1.42 bits per heavy atom. The number of nitrogens with one attached hydrogen (secondary N) is 1. The molecule has 1 atom stereocenters. The summed E-state index contributed by atoms with van der Waals surface area (Å²) in [4.78, 5) is 14.0. The van der Waals surface area contributed by atoms with E-state index in [9.17, 15) is 13.2 Å². The number of nitrogens with zero attached hydrogens (tertiary/aromatic N) is 4. The summed E-state index contributed by atoms with van der Waals surface area (Å²) in [6.45, 7) is 0.387. The normalized spacial score (nSPS) is 21.8. The van der Waals surface area contributed by atoms with Crippen molar-refractivity contribution in [3.05, 3.63) is 22.3 Å². The van der Waals surface area contributed by atoms with Gasteiger partial charge in [-0.1, -0.05) is 0 Å². The minimum atomic E-state index is -2.93. The van der Waals surface area contributed by atoms with Gasteiger partial charge in [0.15, 0.2) is 9.84 Å². The van der Waals surface area contributed by atoms with Crippen LogP contribution in [0, 0.1) is 5.92 Å². The highest BCUT2D eigenvalue weighted by atomic mass is 32.2. The Hall–Kier alpha value is -1.81. The van der Waals surface area contributed by atoms with Crippen molar-refractivity contribution in [2.75, 3.05) is 18.1 Å². The van der Waals surface area contributed by atoms with Crippen molar-refractivity contribution in [1.82, 2.24) is 25.5 Å². The van der Waals surface area contributed by atoms with E-state index in [1.54, 1.807) is 11.3 Å². The van der Waals surface area contributed by atoms with Gasteiger partial charge in [0.1, 0.15) is 11.3 Å². The molecule has 1 aliphatic heterocycles. The zero-order chi connectivity index (χ0) is 16.7. The number of thiophene rings is 1. The molecule has 2 aliphatic rings. The predicted molar refractivity (Wildman–Crippen MR) is 88.2 cm³/mol. The Bertz CT molecular complexity index is 873. The lowest BCUT2D eigenvalue weighted by Crippen LogP contribution is -2.30. The minimum absolute atomic E-state index is 0.00196. The van der Waals surface area contributed by atoms with E-state index in [2.05, 4.69) is 20.8 Å². The van der Waals surface area contributed by atoms with E-state index in [1.165, 1.54) is 15.9 Å². The van der Waals surface area contributed by atoms with Crippen molar-refractivity contribution < 1.29 is 13.2 Å². The highest BCUT2D eigenvalue weighted by molar-refractivity contribution is 7.91. The molecule has 0 aromatic carbocycles. The van der Waals surface area contributed by atoms with E-state index in [0.29, 0.717) is 18.5 Å². The molecule has 24 heavy (non-hydrogen) atoms. The van der Waals surface area contributed by atoms with Gasteiger partial charge in [0, 0.05) is 11.4 Å². The molecule has 0 spiro atoms. The molecule has 0 radical (unpaired) electrons. The number of fused-ring (bicyclic) bond motifs is 1. The Balaban J connectivity index is 1.56. The van der Waals surface area contributed by atoms with Crippen LogP contribution in [0.25, 0.3) is 5.00 Å². The number of rotatable bonds is 4. The first-order chi connectivity index (χ1) is 11.5. The maximum atomic E-state index is 12.8. The second-order valence-electron chi connectivity index (χ2n) is 6.27. The largest absolute Gasteiger partial charge is 0.352 e. The average molecular weight is 367 g/mol.